The van der Waals surface area contributed by atoms with Crippen LogP contribution in [0.15, 0.2) is 29.6 Å². The van der Waals surface area contributed by atoms with Gasteiger partial charge in [-0.2, -0.15) is 0 Å². The summed E-state index contributed by atoms with van der Waals surface area (Å²) in [6.45, 7) is 8.37. The van der Waals surface area contributed by atoms with Crippen molar-refractivity contribution in [2.75, 3.05) is 6.54 Å². The van der Waals surface area contributed by atoms with Crippen LogP contribution < -0.4 is 5.73 Å². The fraction of sp³-hybridized carbons (Fsp3) is 0.389. The molecule has 1 heterocycles. The largest absolute Gasteiger partial charge is 0.394 e. The van der Waals surface area contributed by atoms with Gasteiger partial charge < -0.3 is 10.6 Å². The number of benzene rings is 1. The van der Waals surface area contributed by atoms with Crippen LogP contribution in [0.25, 0.3) is 0 Å². The zero-order valence-electron chi connectivity index (χ0n) is 14.2. The van der Waals surface area contributed by atoms with Crippen molar-refractivity contribution in [1.82, 2.24) is 4.90 Å². The number of aldehydes is 1. The Labute approximate surface area is 137 Å². The maximum Gasteiger partial charge on any atom is 0.242 e. The first-order valence-electron chi connectivity index (χ1n) is 7.83. The number of ketones is 2. The van der Waals surface area contributed by atoms with E-state index in [9.17, 15) is 14.4 Å². The number of allylic oxidation sites excluding steroid dienone is 2. The van der Waals surface area contributed by atoms with Gasteiger partial charge in [-0.15, -0.1) is 0 Å². The summed E-state index contributed by atoms with van der Waals surface area (Å²) >= 11 is 0. The molecule has 1 aliphatic rings. The lowest BCUT2D eigenvalue weighted by Gasteiger charge is -2.31. The van der Waals surface area contributed by atoms with E-state index in [1.165, 1.54) is 0 Å². The molecule has 0 saturated heterocycles. The van der Waals surface area contributed by atoms with Gasteiger partial charge in [0.1, 0.15) is 5.70 Å². The van der Waals surface area contributed by atoms with E-state index in [2.05, 4.69) is 6.92 Å². The Morgan fingerprint density at radius 2 is 1.96 bits per heavy atom. The SMILES string of the molecule is CC.CCc1ccc2c(c1)CN(/C(C)=C(\N)C(=O)C=O)CC2=O. The number of Topliss-reactive ketones (excluding diaryl/α,β-unsaturated/α-hetero) is 2. The van der Waals surface area contributed by atoms with Crippen molar-refractivity contribution in [3.05, 3.63) is 46.3 Å². The highest BCUT2D eigenvalue weighted by Crippen LogP contribution is 2.24. The first-order chi connectivity index (χ1) is 11.0. The third-order valence-corrected chi connectivity index (χ3v) is 3.81. The smallest absolute Gasteiger partial charge is 0.242 e. The topological polar surface area (TPSA) is 80.5 Å². The minimum atomic E-state index is -0.756. The predicted molar refractivity (Wildman–Crippen MR) is 89.9 cm³/mol. The summed E-state index contributed by atoms with van der Waals surface area (Å²) in [5.41, 5.74) is 8.83. The number of hydrogen-bond donors (Lipinski definition) is 1. The van der Waals surface area contributed by atoms with Gasteiger partial charge in [-0.1, -0.05) is 39.0 Å². The third-order valence-electron chi connectivity index (χ3n) is 3.81. The molecule has 0 fully saturated rings. The van der Waals surface area contributed by atoms with E-state index in [1.807, 2.05) is 32.0 Å². The summed E-state index contributed by atoms with van der Waals surface area (Å²) in [5, 5.41) is 0. The Balaban J connectivity index is 0.00000127. The fourth-order valence-electron chi connectivity index (χ4n) is 2.44. The normalized spacial score (nSPS) is 14.3. The summed E-state index contributed by atoms with van der Waals surface area (Å²) in [7, 11) is 0. The van der Waals surface area contributed by atoms with E-state index >= 15 is 0 Å². The quantitative estimate of drug-likeness (QED) is 0.523. The van der Waals surface area contributed by atoms with E-state index < -0.39 is 5.78 Å². The Morgan fingerprint density at radius 1 is 1.30 bits per heavy atom. The second kappa shape index (κ2) is 8.27. The van der Waals surface area contributed by atoms with Crippen molar-refractivity contribution >= 4 is 17.9 Å². The Hall–Kier alpha value is -2.43. The van der Waals surface area contributed by atoms with Gasteiger partial charge in [0.05, 0.1) is 6.54 Å². The molecule has 0 bridgehead atoms. The molecule has 0 amide bonds. The predicted octanol–water partition coefficient (Wildman–Crippen LogP) is 2.23. The van der Waals surface area contributed by atoms with Crippen LogP contribution in [0.2, 0.25) is 0 Å². The van der Waals surface area contributed by atoms with Crippen molar-refractivity contribution in [2.24, 2.45) is 5.73 Å². The van der Waals surface area contributed by atoms with E-state index in [0.29, 0.717) is 12.2 Å². The van der Waals surface area contributed by atoms with E-state index in [4.69, 9.17) is 5.73 Å². The van der Waals surface area contributed by atoms with E-state index in [1.54, 1.807) is 11.8 Å². The van der Waals surface area contributed by atoms with Gasteiger partial charge in [-0.3, -0.25) is 14.4 Å². The molecule has 23 heavy (non-hydrogen) atoms. The number of carbonyl (C=O) groups excluding carboxylic acids is 3. The molecule has 124 valence electrons. The van der Waals surface area contributed by atoms with Gasteiger partial charge >= 0.3 is 0 Å². The van der Waals surface area contributed by atoms with Crippen LogP contribution in [-0.4, -0.2) is 29.3 Å². The van der Waals surface area contributed by atoms with Gasteiger partial charge in [-0.05, 0) is 24.5 Å². The summed E-state index contributed by atoms with van der Waals surface area (Å²) in [6, 6.07) is 5.82. The third kappa shape index (κ3) is 4.06. The lowest BCUT2D eigenvalue weighted by atomic mass is 9.95. The van der Waals surface area contributed by atoms with E-state index in [0.717, 1.165) is 23.1 Å². The van der Waals surface area contributed by atoms with Crippen LogP contribution in [0.3, 0.4) is 0 Å². The standard InChI is InChI=1S/C16H18N2O3.C2H6/c1-3-11-4-5-13-12(6-11)7-18(8-14(13)20)10(2)16(17)15(21)9-19;1-2/h4-6,9H,3,7-8,17H2,1-2H3;1-2H3/b16-10-;. The molecule has 1 aliphatic heterocycles. The number of hydrogen-bond acceptors (Lipinski definition) is 5. The molecule has 1 aromatic carbocycles. The maximum atomic E-state index is 12.2. The van der Waals surface area contributed by atoms with E-state index in [-0.39, 0.29) is 24.3 Å². The highest BCUT2D eigenvalue weighted by Gasteiger charge is 2.25. The van der Waals surface area contributed by atoms with Crippen LogP contribution in [-0.2, 0) is 22.6 Å². The highest BCUT2D eigenvalue weighted by molar-refractivity contribution is 6.32. The molecule has 2 N–H and O–H groups in total. The Kier molecular flexibility index (Phi) is 6.69. The van der Waals surface area contributed by atoms with Gasteiger partial charge in [0.15, 0.2) is 12.1 Å². The summed E-state index contributed by atoms with van der Waals surface area (Å²) in [5.74, 6) is -0.766. The number of carbonyl (C=O) groups is 3. The van der Waals surface area contributed by atoms with Crippen LogP contribution in [0, 0.1) is 0 Å². The zero-order chi connectivity index (χ0) is 17.6. The molecule has 0 radical (unpaired) electrons. The maximum absolute atomic E-state index is 12.2. The Morgan fingerprint density at radius 3 is 2.52 bits per heavy atom. The van der Waals surface area contributed by atoms with Crippen molar-refractivity contribution in [3.8, 4) is 0 Å². The average molecular weight is 316 g/mol. The molecule has 5 nitrogen and oxygen atoms in total. The fourth-order valence-corrected chi connectivity index (χ4v) is 2.44. The number of nitrogens with zero attached hydrogens (tertiary/aromatic N) is 1. The monoisotopic (exact) mass is 316 g/mol. The minimum Gasteiger partial charge on any atom is -0.394 e. The molecule has 0 atom stereocenters. The lowest BCUT2D eigenvalue weighted by Crippen LogP contribution is -2.36. The summed E-state index contributed by atoms with van der Waals surface area (Å²) < 4.78 is 0. The second-order valence-electron chi connectivity index (χ2n) is 5.11. The lowest BCUT2D eigenvalue weighted by molar-refractivity contribution is -0.127. The first kappa shape index (κ1) is 18.6. The number of rotatable bonds is 4. The second-order valence-corrected chi connectivity index (χ2v) is 5.11. The molecule has 0 aliphatic carbocycles. The molecule has 0 spiro atoms. The molecule has 2 rings (SSSR count). The summed E-state index contributed by atoms with van der Waals surface area (Å²) in [6.07, 6.45) is 1.08. The highest BCUT2D eigenvalue weighted by atomic mass is 16.2. The summed E-state index contributed by atoms with van der Waals surface area (Å²) in [4.78, 5) is 35.8. The molecule has 0 unspecified atom stereocenters. The van der Waals surface area contributed by atoms with Crippen molar-refractivity contribution in [2.45, 2.75) is 40.7 Å². The number of aryl methyl sites for hydroxylation is 1. The van der Waals surface area contributed by atoms with Gasteiger partial charge in [0.25, 0.3) is 0 Å². The molecule has 1 aromatic rings. The van der Waals surface area contributed by atoms with Crippen LogP contribution in [0.1, 0.15) is 49.2 Å². The molecule has 0 saturated carbocycles. The van der Waals surface area contributed by atoms with Crippen LogP contribution in [0.4, 0.5) is 0 Å². The zero-order valence-corrected chi connectivity index (χ0v) is 14.2. The Bertz CT molecular complexity index is 648. The first-order valence-corrected chi connectivity index (χ1v) is 7.83. The average Bonchev–Trinajstić information content (AvgIpc) is 2.60. The van der Waals surface area contributed by atoms with Crippen LogP contribution >= 0.6 is 0 Å². The number of fused-ring (bicyclic) bond motifs is 1. The molecule has 0 aromatic heterocycles. The van der Waals surface area contributed by atoms with Crippen LogP contribution in [0.5, 0.6) is 0 Å². The van der Waals surface area contributed by atoms with Gasteiger partial charge in [0, 0.05) is 17.8 Å². The van der Waals surface area contributed by atoms with Crippen molar-refractivity contribution < 1.29 is 14.4 Å². The molecule has 5 heteroatoms. The van der Waals surface area contributed by atoms with Crippen molar-refractivity contribution in [3.63, 3.8) is 0 Å². The minimum absolute atomic E-state index is 0.00962. The number of nitrogens with two attached hydrogens (primary N) is 1. The van der Waals surface area contributed by atoms with Crippen molar-refractivity contribution in [1.29, 1.82) is 0 Å². The van der Waals surface area contributed by atoms with Gasteiger partial charge in [-0.25, -0.2) is 0 Å². The molecular formula is C18H24N2O3. The van der Waals surface area contributed by atoms with Gasteiger partial charge in [0.2, 0.25) is 5.78 Å². The molecular weight excluding hydrogens is 292 g/mol.